The predicted molar refractivity (Wildman–Crippen MR) is 133 cm³/mol. The van der Waals surface area contributed by atoms with Crippen LogP contribution in [0.4, 0.5) is 4.39 Å². The van der Waals surface area contributed by atoms with Crippen molar-refractivity contribution in [3.05, 3.63) is 101 Å². The normalized spacial score (nSPS) is 16.6. The molecule has 0 saturated heterocycles. The number of halogens is 1. The van der Waals surface area contributed by atoms with Crippen LogP contribution in [0.1, 0.15) is 33.5 Å². The first-order valence-electron chi connectivity index (χ1n) is 11.5. The fourth-order valence-electron chi connectivity index (χ4n) is 4.56. The number of allylic oxidation sites excluding steroid dienone is 1. The molecule has 178 valence electrons. The highest BCUT2D eigenvalue weighted by atomic mass is 19.1. The molecule has 0 amide bonds. The summed E-state index contributed by atoms with van der Waals surface area (Å²) in [5, 5.41) is 0. The first kappa shape index (κ1) is 22.9. The van der Waals surface area contributed by atoms with Crippen molar-refractivity contribution in [3.8, 4) is 17.2 Å². The number of ketones is 1. The molecule has 0 spiro atoms. The maximum absolute atomic E-state index is 13.3. The minimum absolute atomic E-state index is 0.168. The fourth-order valence-corrected chi connectivity index (χ4v) is 4.56. The van der Waals surface area contributed by atoms with Crippen LogP contribution in [0.5, 0.6) is 17.2 Å². The monoisotopic (exact) mass is 471 g/mol. The number of Topliss-reactive ketones (excluding diaryl/α,β-unsaturated/α-hetero) is 1. The van der Waals surface area contributed by atoms with Crippen LogP contribution in [0.2, 0.25) is 0 Å². The molecule has 2 heterocycles. The van der Waals surface area contributed by atoms with E-state index in [4.69, 9.17) is 14.2 Å². The number of hydrogen-bond acceptors (Lipinski definition) is 5. The van der Waals surface area contributed by atoms with Crippen LogP contribution < -0.4 is 14.2 Å². The maximum Gasteiger partial charge on any atom is 0.235 e. The molecule has 5 rings (SSSR count). The zero-order chi connectivity index (χ0) is 24.4. The van der Waals surface area contributed by atoms with E-state index in [0.29, 0.717) is 28.4 Å². The Balaban J connectivity index is 1.49. The van der Waals surface area contributed by atoms with Gasteiger partial charge in [0.2, 0.25) is 5.78 Å². The lowest BCUT2D eigenvalue weighted by Gasteiger charge is -2.27. The Hall–Kier alpha value is -3.90. The quantitative estimate of drug-likeness (QED) is 0.429. The van der Waals surface area contributed by atoms with E-state index in [9.17, 15) is 9.18 Å². The summed E-state index contributed by atoms with van der Waals surface area (Å²) < 4.78 is 30.7. The Morgan fingerprint density at radius 3 is 2.37 bits per heavy atom. The predicted octanol–water partition coefficient (Wildman–Crippen LogP) is 5.75. The van der Waals surface area contributed by atoms with Gasteiger partial charge < -0.3 is 14.2 Å². The van der Waals surface area contributed by atoms with Crippen molar-refractivity contribution < 1.29 is 23.4 Å². The van der Waals surface area contributed by atoms with E-state index >= 15 is 0 Å². The summed E-state index contributed by atoms with van der Waals surface area (Å²) >= 11 is 0. The average molecular weight is 472 g/mol. The highest BCUT2D eigenvalue weighted by molar-refractivity contribution is 6.17. The molecule has 2 aliphatic heterocycles. The second-order valence-electron chi connectivity index (χ2n) is 8.55. The van der Waals surface area contributed by atoms with Crippen molar-refractivity contribution in [3.63, 3.8) is 0 Å². The lowest BCUT2D eigenvalue weighted by Crippen LogP contribution is -2.28. The van der Waals surface area contributed by atoms with Gasteiger partial charge in [-0.3, -0.25) is 9.69 Å². The van der Waals surface area contributed by atoms with Crippen LogP contribution in [-0.4, -0.2) is 38.0 Å². The van der Waals surface area contributed by atoms with Crippen LogP contribution in [0.15, 0.2) is 72.5 Å². The van der Waals surface area contributed by atoms with Crippen LogP contribution >= 0.6 is 0 Å². The Bertz CT molecular complexity index is 1310. The minimum atomic E-state index is -0.340. The topological polar surface area (TPSA) is 48.0 Å². The SMILES string of the molecule is COc1cc(OC)c(C2=CCN(Cc3ccccc3)CC2)c2c1C(=O)/C(=C\c1ccc(F)cc1)O2. The smallest absolute Gasteiger partial charge is 0.235 e. The molecule has 0 aliphatic carbocycles. The highest BCUT2D eigenvalue weighted by Gasteiger charge is 2.36. The summed E-state index contributed by atoms with van der Waals surface area (Å²) in [6.45, 7) is 2.53. The standard InChI is InChI=1S/C29H26FNO4/c1-33-23-17-24(34-2)27-28(32)25(16-19-8-10-22(30)11-9-19)35-29(27)26(23)21-12-14-31(15-13-21)18-20-6-4-3-5-7-20/h3-12,16-17H,13-15,18H2,1-2H3/b25-16+. The molecule has 0 saturated carbocycles. The van der Waals surface area contributed by atoms with Gasteiger partial charge >= 0.3 is 0 Å². The van der Waals surface area contributed by atoms with E-state index in [2.05, 4.69) is 35.2 Å². The van der Waals surface area contributed by atoms with E-state index in [-0.39, 0.29) is 17.4 Å². The van der Waals surface area contributed by atoms with Crippen molar-refractivity contribution in [1.29, 1.82) is 0 Å². The fraction of sp³-hybridized carbons (Fsp3) is 0.207. The van der Waals surface area contributed by atoms with Crippen LogP contribution in [-0.2, 0) is 6.54 Å². The van der Waals surface area contributed by atoms with Gasteiger partial charge in [-0.15, -0.1) is 0 Å². The van der Waals surface area contributed by atoms with E-state index in [0.717, 1.165) is 37.2 Å². The Kier molecular flexibility index (Phi) is 6.38. The number of ether oxygens (including phenoxy) is 3. The summed E-state index contributed by atoms with van der Waals surface area (Å²) in [6.07, 6.45) is 4.58. The highest BCUT2D eigenvalue weighted by Crippen LogP contribution is 2.49. The number of benzene rings is 3. The molecule has 0 aromatic heterocycles. The third kappa shape index (κ3) is 4.57. The zero-order valence-corrected chi connectivity index (χ0v) is 19.7. The molecular formula is C29H26FNO4. The molecule has 5 nitrogen and oxygen atoms in total. The molecular weight excluding hydrogens is 445 g/mol. The van der Waals surface area contributed by atoms with Gasteiger partial charge in [0.25, 0.3) is 0 Å². The van der Waals surface area contributed by atoms with E-state index in [1.54, 1.807) is 31.4 Å². The lowest BCUT2D eigenvalue weighted by molar-refractivity contribution is 0.101. The summed E-state index contributed by atoms with van der Waals surface area (Å²) in [6, 6.07) is 18.0. The molecule has 3 aromatic rings. The average Bonchev–Trinajstić information content (AvgIpc) is 3.21. The van der Waals surface area contributed by atoms with Crippen LogP contribution in [0, 0.1) is 5.82 Å². The summed E-state index contributed by atoms with van der Waals surface area (Å²) in [5.41, 5.74) is 4.17. The molecule has 0 fully saturated rings. The number of carbonyl (C=O) groups is 1. The molecule has 6 heteroatoms. The second-order valence-corrected chi connectivity index (χ2v) is 8.55. The third-order valence-corrected chi connectivity index (χ3v) is 6.34. The maximum atomic E-state index is 13.3. The number of methoxy groups -OCH3 is 2. The first-order chi connectivity index (χ1) is 17.1. The van der Waals surface area contributed by atoms with Crippen molar-refractivity contribution in [2.24, 2.45) is 0 Å². The van der Waals surface area contributed by atoms with Crippen molar-refractivity contribution in [2.45, 2.75) is 13.0 Å². The van der Waals surface area contributed by atoms with Crippen LogP contribution in [0.25, 0.3) is 11.6 Å². The van der Waals surface area contributed by atoms with Gasteiger partial charge in [-0.2, -0.15) is 0 Å². The molecule has 0 unspecified atom stereocenters. The van der Waals surface area contributed by atoms with E-state index in [1.807, 2.05) is 6.07 Å². The largest absolute Gasteiger partial charge is 0.496 e. The van der Waals surface area contributed by atoms with E-state index in [1.165, 1.54) is 24.8 Å². The Morgan fingerprint density at radius 2 is 1.71 bits per heavy atom. The van der Waals surface area contributed by atoms with Crippen molar-refractivity contribution >= 4 is 17.4 Å². The Labute approximate surface area is 204 Å². The van der Waals surface area contributed by atoms with Gasteiger partial charge in [-0.05, 0) is 41.3 Å². The van der Waals surface area contributed by atoms with Gasteiger partial charge in [0, 0.05) is 25.7 Å². The third-order valence-electron chi connectivity index (χ3n) is 6.34. The van der Waals surface area contributed by atoms with Gasteiger partial charge in [0.15, 0.2) is 11.5 Å². The molecule has 0 atom stereocenters. The molecule has 0 N–H and O–H groups in total. The van der Waals surface area contributed by atoms with Gasteiger partial charge in [-0.25, -0.2) is 4.39 Å². The number of hydrogen-bond donors (Lipinski definition) is 0. The zero-order valence-electron chi connectivity index (χ0n) is 19.7. The van der Waals surface area contributed by atoms with Gasteiger partial charge in [0.1, 0.15) is 22.9 Å². The summed E-state index contributed by atoms with van der Waals surface area (Å²) in [7, 11) is 3.12. The number of fused-ring (bicyclic) bond motifs is 1. The van der Waals surface area contributed by atoms with Crippen molar-refractivity contribution in [1.82, 2.24) is 4.90 Å². The number of nitrogens with zero attached hydrogens (tertiary/aromatic N) is 1. The molecule has 0 radical (unpaired) electrons. The number of rotatable bonds is 6. The van der Waals surface area contributed by atoms with E-state index < -0.39 is 0 Å². The number of carbonyl (C=O) groups excluding carboxylic acids is 1. The van der Waals surface area contributed by atoms with Gasteiger partial charge in [0.05, 0.1) is 19.8 Å². The molecule has 3 aromatic carbocycles. The molecule has 0 bridgehead atoms. The second kappa shape index (κ2) is 9.76. The molecule has 2 aliphatic rings. The van der Waals surface area contributed by atoms with Gasteiger partial charge in [-0.1, -0.05) is 48.5 Å². The minimum Gasteiger partial charge on any atom is -0.496 e. The summed E-state index contributed by atoms with van der Waals surface area (Å²) in [4.78, 5) is 15.7. The Morgan fingerprint density at radius 1 is 1.00 bits per heavy atom. The summed E-state index contributed by atoms with van der Waals surface area (Å²) in [5.74, 6) is 0.999. The lowest BCUT2D eigenvalue weighted by atomic mass is 9.94. The van der Waals surface area contributed by atoms with Crippen LogP contribution in [0.3, 0.4) is 0 Å². The molecule has 35 heavy (non-hydrogen) atoms. The first-order valence-corrected chi connectivity index (χ1v) is 11.5. The van der Waals surface area contributed by atoms with Crippen molar-refractivity contribution in [2.75, 3.05) is 27.3 Å².